The first-order valence-electron chi connectivity index (χ1n) is 10.2. The molecule has 0 spiro atoms. The highest BCUT2D eigenvalue weighted by Gasteiger charge is 2.30. The number of carbonyl (C=O) groups is 1. The molecule has 0 bridgehead atoms. The van der Waals surface area contributed by atoms with E-state index in [1.165, 1.54) is 16.7 Å². The van der Waals surface area contributed by atoms with E-state index in [0.29, 0.717) is 43.9 Å². The molecule has 0 unspecified atom stereocenters. The average molecular weight is 704 g/mol. The van der Waals surface area contributed by atoms with Gasteiger partial charge in [0.15, 0.2) is 16.7 Å². The summed E-state index contributed by atoms with van der Waals surface area (Å²) in [6.45, 7) is 0.311. The lowest BCUT2D eigenvalue weighted by atomic mass is 10.1. The lowest BCUT2D eigenvalue weighted by Gasteiger charge is -2.14. The lowest BCUT2D eigenvalue weighted by Crippen LogP contribution is -2.23. The first kappa shape index (κ1) is 26.3. The van der Waals surface area contributed by atoms with E-state index in [2.05, 4.69) is 43.5 Å². The Hall–Kier alpha value is -1.72. The summed E-state index contributed by atoms with van der Waals surface area (Å²) in [5.74, 6) is 1.05. The molecule has 0 aliphatic carbocycles. The molecule has 10 heteroatoms. The second kappa shape index (κ2) is 11.6. The third kappa shape index (κ3) is 6.17. The highest BCUT2D eigenvalue weighted by atomic mass is 127. The van der Waals surface area contributed by atoms with Gasteiger partial charge in [-0.15, -0.1) is 0 Å². The number of nitrogens with zero attached hydrogens (tertiary/aromatic N) is 2. The number of halogens is 4. The Bertz CT molecular complexity index is 1370. The normalized spacial score (nSPS) is 15.8. The number of methoxy groups -OCH3 is 1. The first-order valence-corrected chi connectivity index (χ1v) is 13.7. The van der Waals surface area contributed by atoms with Crippen LogP contribution >= 0.6 is 73.5 Å². The van der Waals surface area contributed by atoms with Crippen LogP contribution in [0.25, 0.3) is 6.08 Å². The molecule has 4 rings (SSSR count). The van der Waals surface area contributed by atoms with Gasteiger partial charge in [-0.1, -0.05) is 41.4 Å². The zero-order valence-corrected chi connectivity index (χ0v) is 24.6. The number of amides is 1. The van der Waals surface area contributed by atoms with Crippen LogP contribution in [0, 0.1) is 3.57 Å². The fourth-order valence-electron chi connectivity index (χ4n) is 3.20. The van der Waals surface area contributed by atoms with Crippen LogP contribution in [0.2, 0.25) is 10.0 Å². The van der Waals surface area contributed by atoms with Crippen LogP contribution in [0.5, 0.6) is 11.5 Å². The van der Waals surface area contributed by atoms with Gasteiger partial charge in [0, 0.05) is 22.1 Å². The quantitative estimate of drug-likeness (QED) is 0.192. The van der Waals surface area contributed by atoms with Crippen molar-refractivity contribution in [1.29, 1.82) is 0 Å². The number of carbonyl (C=O) groups excluding carboxylic acids is 1. The Morgan fingerprint density at radius 2 is 1.91 bits per heavy atom. The number of benzene rings is 3. The van der Waals surface area contributed by atoms with Crippen LogP contribution in [0.15, 0.2) is 69.0 Å². The molecule has 35 heavy (non-hydrogen) atoms. The summed E-state index contributed by atoms with van der Waals surface area (Å²) in [6, 6.07) is 16.7. The third-order valence-electron chi connectivity index (χ3n) is 5.01. The first-order chi connectivity index (χ1) is 16.8. The maximum Gasteiger partial charge on any atom is 0.266 e. The maximum atomic E-state index is 12.9. The Morgan fingerprint density at radius 3 is 2.63 bits per heavy atom. The van der Waals surface area contributed by atoms with E-state index in [-0.39, 0.29) is 5.91 Å². The molecule has 1 fully saturated rings. The van der Waals surface area contributed by atoms with Crippen molar-refractivity contribution >= 4 is 96.3 Å². The van der Waals surface area contributed by atoms with Crippen molar-refractivity contribution in [3.63, 3.8) is 0 Å². The van der Waals surface area contributed by atoms with Gasteiger partial charge in [0.25, 0.3) is 5.91 Å². The van der Waals surface area contributed by atoms with Crippen molar-refractivity contribution in [3.05, 3.63) is 88.7 Å². The van der Waals surface area contributed by atoms with Crippen molar-refractivity contribution in [2.24, 2.45) is 4.99 Å². The molecule has 1 amide bonds. The van der Waals surface area contributed by atoms with E-state index in [4.69, 9.17) is 32.7 Å². The molecule has 3 aromatic carbocycles. The van der Waals surface area contributed by atoms with Crippen LogP contribution in [-0.2, 0) is 11.4 Å². The molecule has 5 nitrogen and oxygen atoms in total. The molecule has 1 aliphatic heterocycles. The van der Waals surface area contributed by atoms with E-state index in [9.17, 15) is 4.79 Å². The lowest BCUT2D eigenvalue weighted by molar-refractivity contribution is -0.121. The molecule has 1 heterocycles. The number of amidine groups is 1. The highest BCUT2D eigenvalue weighted by molar-refractivity contribution is 14.1. The summed E-state index contributed by atoms with van der Waals surface area (Å²) in [5, 5.41) is 1.77. The van der Waals surface area contributed by atoms with E-state index in [0.717, 1.165) is 19.2 Å². The van der Waals surface area contributed by atoms with Crippen LogP contribution < -0.4 is 9.47 Å². The number of thioether (sulfide) groups is 1. The van der Waals surface area contributed by atoms with Crippen molar-refractivity contribution in [2.75, 3.05) is 14.2 Å². The maximum absolute atomic E-state index is 12.9. The van der Waals surface area contributed by atoms with Crippen LogP contribution in [0.4, 0.5) is 5.69 Å². The highest BCUT2D eigenvalue weighted by Crippen LogP contribution is 2.38. The molecular formula is C25H18BrCl2IN2O3S. The van der Waals surface area contributed by atoms with Crippen LogP contribution in [0.1, 0.15) is 11.1 Å². The van der Waals surface area contributed by atoms with Gasteiger partial charge in [-0.05, 0) is 98.3 Å². The second-order valence-electron chi connectivity index (χ2n) is 7.38. The molecule has 0 saturated carbocycles. The SMILES string of the molecule is COc1cc(/C=C2\SC(=Nc3ccc(Br)c(Cl)c3)N(C)C2=O)cc(I)c1OCc1ccccc1Cl. The van der Waals surface area contributed by atoms with Crippen LogP contribution in [-0.4, -0.2) is 30.1 Å². The summed E-state index contributed by atoms with van der Waals surface area (Å²) in [4.78, 5) is 19.5. The summed E-state index contributed by atoms with van der Waals surface area (Å²) in [5.41, 5.74) is 2.36. The Balaban J connectivity index is 1.58. The smallest absolute Gasteiger partial charge is 0.266 e. The van der Waals surface area contributed by atoms with Gasteiger partial charge in [-0.2, -0.15) is 0 Å². The molecule has 180 valence electrons. The molecule has 1 aliphatic rings. The average Bonchev–Trinajstić information content (AvgIpc) is 3.09. The molecule has 0 radical (unpaired) electrons. The Morgan fingerprint density at radius 1 is 1.14 bits per heavy atom. The topological polar surface area (TPSA) is 51.1 Å². The monoisotopic (exact) mass is 702 g/mol. The summed E-state index contributed by atoms with van der Waals surface area (Å²) < 4.78 is 13.3. The molecule has 0 aromatic heterocycles. The molecule has 0 atom stereocenters. The molecule has 1 saturated heterocycles. The standard InChI is InChI=1S/C25H18BrCl2IN2O3S/c1-31-24(32)22(35-25(31)30-16-7-8-17(26)19(28)12-16)11-14-9-20(29)23(21(10-14)33-2)34-13-15-5-3-4-6-18(15)27/h3-12H,13H2,1-2H3/b22-11-,30-25?. The number of aliphatic imine (C=N–C) groups is 1. The largest absolute Gasteiger partial charge is 0.493 e. The van der Waals surface area contributed by atoms with Gasteiger partial charge >= 0.3 is 0 Å². The number of hydrogen-bond donors (Lipinski definition) is 0. The summed E-state index contributed by atoms with van der Waals surface area (Å²) in [7, 11) is 3.29. The van der Waals surface area contributed by atoms with Crippen LogP contribution in [0.3, 0.4) is 0 Å². The van der Waals surface area contributed by atoms with Crippen molar-refractivity contribution in [1.82, 2.24) is 4.90 Å². The zero-order valence-electron chi connectivity index (χ0n) is 18.5. The van der Waals surface area contributed by atoms with E-state index < -0.39 is 0 Å². The van der Waals surface area contributed by atoms with Gasteiger partial charge in [0.2, 0.25) is 0 Å². The van der Waals surface area contributed by atoms with Crippen molar-refractivity contribution in [2.45, 2.75) is 6.61 Å². The molecular weight excluding hydrogens is 686 g/mol. The summed E-state index contributed by atoms with van der Waals surface area (Å²) in [6.07, 6.45) is 1.82. The van der Waals surface area contributed by atoms with Crippen molar-refractivity contribution in [3.8, 4) is 11.5 Å². The van der Waals surface area contributed by atoms with Gasteiger partial charge in [0.05, 0.1) is 26.3 Å². The Kier molecular flexibility index (Phi) is 8.70. The minimum absolute atomic E-state index is 0.134. The van der Waals surface area contributed by atoms with Gasteiger partial charge in [-0.3, -0.25) is 9.69 Å². The van der Waals surface area contributed by atoms with Gasteiger partial charge in [-0.25, -0.2) is 4.99 Å². The minimum atomic E-state index is -0.134. The van der Waals surface area contributed by atoms with Gasteiger partial charge < -0.3 is 9.47 Å². The number of likely N-dealkylation sites (N-methyl/N-ethyl adjacent to an activating group) is 1. The van der Waals surface area contributed by atoms with E-state index in [1.54, 1.807) is 20.2 Å². The van der Waals surface area contributed by atoms with E-state index >= 15 is 0 Å². The summed E-state index contributed by atoms with van der Waals surface area (Å²) >= 11 is 19.3. The van der Waals surface area contributed by atoms with Crippen molar-refractivity contribution < 1.29 is 14.3 Å². The molecule has 3 aromatic rings. The number of rotatable bonds is 6. The van der Waals surface area contributed by atoms with Gasteiger partial charge in [0.1, 0.15) is 6.61 Å². The fourth-order valence-corrected chi connectivity index (χ4v) is 5.58. The predicted octanol–water partition coefficient (Wildman–Crippen LogP) is 8.18. The van der Waals surface area contributed by atoms with E-state index in [1.807, 2.05) is 54.6 Å². The fraction of sp³-hybridized carbons (Fsp3) is 0.120. The number of ether oxygens (including phenoxy) is 2. The number of hydrogen-bond acceptors (Lipinski definition) is 5. The minimum Gasteiger partial charge on any atom is -0.493 e. The molecule has 0 N–H and O–H groups in total. The second-order valence-corrected chi connectivity index (χ2v) is 11.2. The zero-order chi connectivity index (χ0) is 25.1. The third-order valence-corrected chi connectivity index (χ3v) is 8.47. The Labute approximate surface area is 239 Å². The predicted molar refractivity (Wildman–Crippen MR) is 156 cm³/mol.